The summed E-state index contributed by atoms with van der Waals surface area (Å²) < 4.78 is 35.2. The molecule has 0 heterocycles. The molecule has 16 heavy (non-hydrogen) atoms. The minimum atomic E-state index is -4.07. The van der Waals surface area contributed by atoms with Crippen LogP contribution in [0, 0.1) is 0 Å². The lowest BCUT2D eigenvalue weighted by molar-refractivity contribution is -0.135. The van der Waals surface area contributed by atoms with Crippen LogP contribution in [0.15, 0.2) is 0 Å². The van der Waals surface area contributed by atoms with Crippen LogP contribution in [0.4, 0.5) is 13.2 Å². The molecule has 0 aromatic rings. The topological polar surface area (TPSA) is 41.1 Å². The lowest BCUT2D eigenvalue weighted by Crippen LogP contribution is -2.34. The van der Waals surface area contributed by atoms with Crippen LogP contribution in [0.1, 0.15) is 32.6 Å². The molecule has 0 aromatic heterocycles. The van der Waals surface area contributed by atoms with E-state index < -0.39 is 12.6 Å². The summed E-state index contributed by atoms with van der Waals surface area (Å²) in [6.45, 7) is 3.20. The van der Waals surface area contributed by atoms with Crippen LogP contribution in [0.3, 0.4) is 0 Å². The Balaban J connectivity index is 3.24. The van der Waals surface area contributed by atoms with Crippen molar-refractivity contribution in [2.45, 2.75) is 38.8 Å². The number of rotatable bonds is 8. The fourth-order valence-corrected chi connectivity index (χ4v) is 1.10. The Hall–Kier alpha value is -0.780. The monoisotopic (exact) mass is 240 g/mol. The lowest BCUT2D eigenvalue weighted by atomic mass is 10.2. The molecule has 0 saturated heterocycles. The van der Waals surface area contributed by atoms with Gasteiger partial charge in [0, 0.05) is 13.0 Å². The molecule has 0 unspecified atom stereocenters. The quantitative estimate of drug-likeness (QED) is 0.635. The first-order valence-electron chi connectivity index (χ1n) is 5.50. The van der Waals surface area contributed by atoms with Gasteiger partial charge in [-0.05, 0) is 25.8 Å². The molecule has 0 saturated carbocycles. The van der Waals surface area contributed by atoms with E-state index in [1.54, 1.807) is 0 Å². The minimum Gasteiger partial charge on any atom is -0.355 e. The highest BCUT2D eigenvalue weighted by Crippen LogP contribution is 2.21. The minimum absolute atomic E-state index is 0.104. The Bertz CT molecular complexity index is 195. The fourth-order valence-electron chi connectivity index (χ4n) is 1.10. The number of hydrogen-bond acceptors (Lipinski definition) is 2. The number of hydrogen-bond donors (Lipinski definition) is 2. The third kappa shape index (κ3) is 11.3. The Morgan fingerprint density at radius 1 is 1.19 bits per heavy atom. The molecule has 0 aromatic carbocycles. The molecule has 1 amide bonds. The first-order valence-corrected chi connectivity index (χ1v) is 5.50. The van der Waals surface area contributed by atoms with E-state index in [0.29, 0.717) is 19.5 Å². The second kappa shape index (κ2) is 8.38. The van der Waals surface area contributed by atoms with Gasteiger partial charge in [0.2, 0.25) is 5.91 Å². The average molecular weight is 240 g/mol. The molecular formula is C10H19F3N2O. The molecule has 0 atom stereocenters. The van der Waals surface area contributed by atoms with Crippen molar-refractivity contribution in [2.75, 3.05) is 19.6 Å². The third-order valence-corrected chi connectivity index (χ3v) is 1.92. The number of carbonyl (C=O) groups is 1. The summed E-state index contributed by atoms with van der Waals surface area (Å²) in [4.78, 5) is 11.0. The number of amides is 1. The van der Waals surface area contributed by atoms with E-state index in [1.807, 2.05) is 6.92 Å². The molecule has 0 fully saturated rings. The molecule has 3 nitrogen and oxygen atoms in total. The predicted octanol–water partition coefficient (Wildman–Crippen LogP) is 1.83. The van der Waals surface area contributed by atoms with Gasteiger partial charge in [0.05, 0.1) is 6.54 Å². The molecule has 0 spiro atoms. The van der Waals surface area contributed by atoms with Crippen molar-refractivity contribution in [3.05, 3.63) is 0 Å². The highest BCUT2D eigenvalue weighted by atomic mass is 19.4. The average Bonchev–Trinajstić information content (AvgIpc) is 2.18. The molecule has 0 radical (unpaired) electrons. The second-order valence-electron chi connectivity index (χ2n) is 3.60. The van der Waals surface area contributed by atoms with E-state index >= 15 is 0 Å². The Labute approximate surface area is 93.8 Å². The van der Waals surface area contributed by atoms with Crippen LogP contribution in [0.25, 0.3) is 0 Å². The van der Waals surface area contributed by atoms with Gasteiger partial charge >= 0.3 is 6.18 Å². The van der Waals surface area contributed by atoms with Gasteiger partial charge in [0.15, 0.2) is 0 Å². The first-order chi connectivity index (χ1) is 7.45. The summed E-state index contributed by atoms with van der Waals surface area (Å²) in [6, 6.07) is 0. The summed E-state index contributed by atoms with van der Waals surface area (Å²) in [5.41, 5.74) is 0. The second-order valence-corrected chi connectivity index (χ2v) is 3.60. The van der Waals surface area contributed by atoms with E-state index in [-0.39, 0.29) is 18.9 Å². The van der Waals surface area contributed by atoms with Crippen LogP contribution in [0.2, 0.25) is 0 Å². The Morgan fingerprint density at radius 2 is 1.88 bits per heavy atom. The number of carbonyl (C=O) groups excluding carboxylic acids is 1. The van der Waals surface area contributed by atoms with E-state index in [0.717, 1.165) is 6.42 Å². The molecule has 96 valence electrons. The third-order valence-electron chi connectivity index (χ3n) is 1.92. The number of halogens is 3. The van der Waals surface area contributed by atoms with Gasteiger partial charge in [-0.2, -0.15) is 13.2 Å². The van der Waals surface area contributed by atoms with Gasteiger partial charge < -0.3 is 10.6 Å². The Morgan fingerprint density at radius 3 is 2.44 bits per heavy atom. The normalized spacial score (nSPS) is 11.5. The summed E-state index contributed by atoms with van der Waals surface area (Å²) in [5.74, 6) is -0.113. The Kier molecular flexibility index (Phi) is 7.97. The smallest absolute Gasteiger partial charge is 0.355 e. The summed E-state index contributed by atoms with van der Waals surface area (Å²) in [7, 11) is 0. The molecule has 0 aliphatic rings. The van der Waals surface area contributed by atoms with Crippen LogP contribution in [-0.4, -0.2) is 31.7 Å². The fraction of sp³-hybridized carbons (Fsp3) is 0.900. The van der Waals surface area contributed by atoms with Crippen molar-refractivity contribution in [2.24, 2.45) is 0 Å². The molecular weight excluding hydrogens is 221 g/mol. The summed E-state index contributed by atoms with van der Waals surface area (Å²) in [5, 5.41) is 5.47. The van der Waals surface area contributed by atoms with Crippen LogP contribution in [-0.2, 0) is 4.79 Å². The highest BCUT2D eigenvalue weighted by Gasteiger charge is 2.25. The number of unbranched alkanes of at least 4 members (excludes halogenated alkanes) is 1. The maximum Gasteiger partial charge on any atom is 0.389 e. The standard InChI is InChI=1S/C10H19F3N2O/c1-2-6-15-9(16)8-14-7-4-3-5-10(11,12)13/h14H,2-8H2,1H3,(H,15,16). The van der Waals surface area contributed by atoms with Gasteiger partial charge in [-0.3, -0.25) is 4.79 Å². The molecule has 0 rings (SSSR count). The van der Waals surface area contributed by atoms with Gasteiger partial charge in [0.1, 0.15) is 0 Å². The van der Waals surface area contributed by atoms with Crippen molar-refractivity contribution < 1.29 is 18.0 Å². The van der Waals surface area contributed by atoms with E-state index in [1.165, 1.54) is 0 Å². The number of nitrogens with one attached hydrogen (secondary N) is 2. The lowest BCUT2D eigenvalue weighted by Gasteiger charge is -2.07. The zero-order valence-electron chi connectivity index (χ0n) is 9.49. The number of alkyl halides is 3. The summed E-state index contributed by atoms with van der Waals surface area (Å²) in [6.07, 6.45) is -3.42. The van der Waals surface area contributed by atoms with Gasteiger partial charge in [-0.1, -0.05) is 6.92 Å². The van der Waals surface area contributed by atoms with Crippen molar-refractivity contribution in [1.82, 2.24) is 10.6 Å². The van der Waals surface area contributed by atoms with Crippen LogP contribution >= 0.6 is 0 Å². The largest absolute Gasteiger partial charge is 0.389 e. The van der Waals surface area contributed by atoms with Crippen LogP contribution < -0.4 is 10.6 Å². The molecule has 0 bridgehead atoms. The molecule has 2 N–H and O–H groups in total. The van der Waals surface area contributed by atoms with Crippen LogP contribution in [0.5, 0.6) is 0 Å². The highest BCUT2D eigenvalue weighted by molar-refractivity contribution is 5.77. The van der Waals surface area contributed by atoms with E-state index in [4.69, 9.17) is 0 Å². The first kappa shape index (κ1) is 15.2. The van der Waals surface area contributed by atoms with Crippen molar-refractivity contribution in [3.8, 4) is 0 Å². The molecule has 0 aliphatic carbocycles. The van der Waals surface area contributed by atoms with Crippen molar-refractivity contribution >= 4 is 5.91 Å². The predicted molar refractivity (Wildman–Crippen MR) is 56.1 cm³/mol. The zero-order valence-corrected chi connectivity index (χ0v) is 9.49. The SMILES string of the molecule is CCCNC(=O)CNCCCCC(F)(F)F. The van der Waals surface area contributed by atoms with Gasteiger partial charge in [0.25, 0.3) is 0 Å². The van der Waals surface area contributed by atoms with Gasteiger partial charge in [-0.15, -0.1) is 0 Å². The molecule has 0 aliphatic heterocycles. The van der Waals surface area contributed by atoms with E-state index in [9.17, 15) is 18.0 Å². The van der Waals surface area contributed by atoms with E-state index in [2.05, 4.69) is 10.6 Å². The molecule has 6 heteroatoms. The summed E-state index contributed by atoms with van der Waals surface area (Å²) >= 11 is 0. The van der Waals surface area contributed by atoms with Crippen molar-refractivity contribution in [3.63, 3.8) is 0 Å². The zero-order chi connectivity index (χ0) is 12.4. The maximum atomic E-state index is 11.7. The maximum absolute atomic E-state index is 11.7. The van der Waals surface area contributed by atoms with Crippen molar-refractivity contribution in [1.29, 1.82) is 0 Å². The van der Waals surface area contributed by atoms with Gasteiger partial charge in [-0.25, -0.2) is 0 Å².